The Kier molecular flexibility index (Phi) is 2.84. The summed E-state index contributed by atoms with van der Waals surface area (Å²) in [4.78, 5) is 0. The summed E-state index contributed by atoms with van der Waals surface area (Å²) in [6, 6.07) is 7.77. The molecule has 0 amide bonds. The molecule has 0 atom stereocenters. The highest BCUT2D eigenvalue weighted by Crippen LogP contribution is 2.26. The summed E-state index contributed by atoms with van der Waals surface area (Å²) in [5.41, 5.74) is 7.62. The van der Waals surface area contributed by atoms with E-state index in [-0.39, 0.29) is 0 Å². The smallest absolute Gasteiger partial charge is 0.146 e. The number of nitrogens with two attached hydrogens (primary N) is 1. The highest BCUT2D eigenvalue weighted by molar-refractivity contribution is 9.11. The van der Waals surface area contributed by atoms with Gasteiger partial charge in [-0.05, 0) is 41.1 Å². The highest BCUT2D eigenvalue weighted by atomic mass is 79.9. The Morgan fingerprint density at radius 2 is 2.00 bits per heavy atom. The summed E-state index contributed by atoms with van der Waals surface area (Å²) in [5, 5.41) is 4.23. The Morgan fingerprint density at radius 3 is 2.60 bits per heavy atom. The first-order chi connectivity index (χ1) is 7.08. The number of nitrogens with zero attached hydrogens (tertiary/aromatic N) is 2. The second-order valence-electron chi connectivity index (χ2n) is 3.22. The monoisotopic (exact) mass is 329 g/mol. The van der Waals surface area contributed by atoms with Crippen LogP contribution >= 0.6 is 31.9 Å². The molecule has 78 valence electrons. The van der Waals surface area contributed by atoms with Gasteiger partial charge in [-0.3, -0.25) is 0 Å². The van der Waals surface area contributed by atoms with E-state index in [2.05, 4.69) is 37.0 Å². The van der Waals surface area contributed by atoms with Gasteiger partial charge in [-0.15, -0.1) is 0 Å². The number of halogens is 2. The lowest BCUT2D eigenvalue weighted by molar-refractivity contribution is 0.847. The lowest BCUT2D eigenvalue weighted by Gasteiger charge is -2.07. The maximum absolute atomic E-state index is 5.65. The third-order valence-corrected chi connectivity index (χ3v) is 3.21. The first kappa shape index (κ1) is 10.7. The van der Waals surface area contributed by atoms with Gasteiger partial charge in [0.05, 0.1) is 5.69 Å². The van der Waals surface area contributed by atoms with Crippen molar-refractivity contribution in [1.29, 1.82) is 0 Å². The molecule has 1 aromatic heterocycles. The summed E-state index contributed by atoms with van der Waals surface area (Å²) in [5.74, 6) is 0.527. The van der Waals surface area contributed by atoms with Crippen molar-refractivity contribution in [3.8, 4) is 5.69 Å². The zero-order valence-electron chi connectivity index (χ0n) is 8.04. The molecule has 5 heteroatoms. The van der Waals surface area contributed by atoms with Crippen molar-refractivity contribution >= 4 is 37.7 Å². The third kappa shape index (κ3) is 2.08. The molecule has 0 unspecified atom stereocenters. The molecule has 2 aromatic rings. The fourth-order valence-corrected chi connectivity index (χ4v) is 2.15. The van der Waals surface area contributed by atoms with Gasteiger partial charge in [-0.1, -0.05) is 15.9 Å². The maximum atomic E-state index is 5.65. The van der Waals surface area contributed by atoms with E-state index in [1.807, 2.05) is 35.9 Å². The van der Waals surface area contributed by atoms with Crippen LogP contribution in [0.5, 0.6) is 0 Å². The van der Waals surface area contributed by atoms with Crippen LogP contribution in [0.15, 0.2) is 33.2 Å². The minimum atomic E-state index is 0.527. The number of anilines is 1. The number of aryl methyl sites for hydroxylation is 1. The molecule has 2 rings (SSSR count). The molecule has 0 fully saturated rings. The molecule has 0 aliphatic carbocycles. The SMILES string of the molecule is Cc1cc(N)nn1-c1cc(Br)ccc1Br. The van der Waals surface area contributed by atoms with Gasteiger partial charge >= 0.3 is 0 Å². The predicted octanol–water partition coefficient (Wildman–Crippen LogP) is 3.29. The van der Waals surface area contributed by atoms with Crippen LogP contribution in [0.4, 0.5) is 5.82 Å². The fourth-order valence-electron chi connectivity index (χ4n) is 1.39. The van der Waals surface area contributed by atoms with Gasteiger partial charge in [-0.25, -0.2) is 4.68 Å². The molecule has 0 aliphatic rings. The summed E-state index contributed by atoms with van der Waals surface area (Å²) in [6.07, 6.45) is 0. The zero-order valence-corrected chi connectivity index (χ0v) is 11.2. The molecule has 2 N–H and O–H groups in total. The molecule has 0 bridgehead atoms. The molecule has 0 aliphatic heterocycles. The van der Waals surface area contributed by atoms with E-state index in [9.17, 15) is 0 Å². The van der Waals surface area contributed by atoms with Crippen molar-refractivity contribution in [1.82, 2.24) is 9.78 Å². The number of nitrogen functional groups attached to an aromatic ring is 1. The van der Waals surface area contributed by atoms with E-state index in [1.165, 1.54) is 0 Å². The molecule has 3 nitrogen and oxygen atoms in total. The van der Waals surface area contributed by atoms with Crippen LogP contribution in [0.3, 0.4) is 0 Å². The number of rotatable bonds is 1. The Bertz CT molecular complexity index is 505. The molecule has 0 radical (unpaired) electrons. The topological polar surface area (TPSA) is 43.8 Å². The number of hydrogen-bond acceptors (Lipinski definition) is 2. The summed E-state index contributed by atoms with van der Waals surface area (Å²) >= 11 is 6.92. The van der Waals surface area contributed by atoms with Crippen LogP contribution in [0.1, 0.15) is 5.69 Å². The molecule has 0 saturated carbocycles. The third-order valence-electron chi connectivity index (χ3n) is 2.04. The molecule has 15 heavy (non-hydrogen) atoms. The van der Waals surface area contributed by atoms with Gasteiger partial charge in [0.15, 0.2) is 0 Å². The summed E-state index contributed by atoms with van der Waals surface area (Å²) in [6.45, 7) is 1.97. The zero-order chi connectivity index (χ0) is 11.0. The Morgan fingerprint density at radius 1 is 1.27 bits per heavy atom. The van der Waals surface area contributed by atoms with E-state index in [0.717, 1.165) is 20.3 Å². The normalized spacial score (nSPS) is 10.6. The van der Waals surface area contributed by atoms with Crippen LogP contribution in [-0.4, -0.2) is 9.78 Å². The minimum absolute atomic E-state index is 0.527. The van der Waals surface area contributed by atoms with Gasteiger partial charge in [0.1, 0.15) is 5.82 Å². The van der Waals surface area contributed by atoms with Gasteiger partial charge in [0.2, 0.25) is 0 Å². The van der Waals surface area contributed by atoms with Crippen LogP contribution in [-0.2, 0) is 0 Å². The molecule has 1 aromatic carbocycles. The Balaban J connectivity index is 2.62. The quantitative estimate of drug-likeness (QED) is 0.872. The van der Waals surface area contributed by atoms with Gasteiger partial charge in [0.25, 0.3) is 0 Å². The van der Waals surface area contributed by atoms with Crippen molar-refractivity contribution in [2.24, 2.45) is 0 Å². The number of benzene rings is 1. The number of hydrogen-bond donors (Lipinski definition) is 1. The number of aromatic nitrogens is 2. The standard InChI is InChI=1S/C10H9Br2N3/c1-6-4-10(13)14-15(6)9-5-7(11)2-3-8(9)12/h2-5H,1H3,(H2,13,14). The van der Waals surface area contributed by atoms with Crippen molar-refractivity contribution in [2.75, 3.05) is 5.73 Å². The van der Waals surface area contributed by atoms with Crippen LogP contribution < -0.4 is 5.73 Å². The fraction of sp³-hybridized carbons (Fsp3) is 0.100. The van der Waals surface area contributed by atoms with Crippen LogP contribution in [0.25, 0.3) is 5.69 Å². The average molecular weight is 331 g/mol. The van der Waals surface area contributed by atoms with Crippen molar-refractivity contribution in [3.63, 3.8) is 0 Å². The lowest BCUT2D eigenvalue weighted by atomic mass is 10.3. The first-order valence-electron chi connectivity index (χ1n) is 4.35. The van der Waals surface area contributed by atoms with Crippen LogP contribution in [0, 0.1) is 6.92 Å². The minimum Gasteiger partial charge on any atom is -0.382 e. The molecule has 0 saturated heterocycles. The van der Waals surface area contributed by atoms with Crippen LogP contribution in [0.2, 0.25) is 0 Å². The van der Waals surface area contributed by atoms with E-state index >= 15 is 0 Å². The summed E-state index contributed by atoms with van der Waals surface area (Å²) < 4.78 is 3.80. The highest BCUT2D eigenvalue weighted by Gasteiger charge is 2.07. The van der Waals surface area contributed by atoms with E-state index in [1.54, 1.807) is 0 Å². The lowest BCUT2D eigenvalue weighted by Crippen LogP contribution is -2.00. The van der Waals surface area contributed by atoms with Gasteiger partial charge in [-0.2, -0.15) is 5.10 Å². The second kappa shape index (κ2) is 3.98. The second-order valence-corrected chi connectivity index (χ2v) is 4.99. The Hall–Kier alpha value is -0.810. The summed E-state index contributed by atoms with van der Waals surface area (Å²) in [7, 11) is 0. The van der Waals surface area contributed by atoms with Gasteiger partial charge < -0.3 is 5.73 Å². The largest absolute Gasteiger partial charge is 0.382 e. The molecular formula is C10H9Br2N3. The average Bonchev–Trinajstić information content (AvgIpc) is 2.50. The van der Waals surface area contributed by atoms with Gasteiger partial charge in [0, 0.05) is 20.7 Å². The van der Waals surface area contributed by atoms with E-state index in [0.29, 0.717) is 5.82 Å². The molecule has 0 spiro atoms. The van der Waals surface area contributed by atoms with Crippen molar-refractivity contribution in [3.05, 3.63) is 38.9 Å². The maximum Gasteiger partial charge on any atom is 0.146 e. The Labute approximate surface area is 105 Å². The predicted molar refractivity (Wildman–Crippen MR) is 68.1 cm³/mol. The molecular weight excluding hydrogens is 322 g/mol. The molecule has 1 heterocycles. The van der Waals surface area contributed by atoms with Crippen molar-refractivity contribution in [2.45, 2.75) is 6.92 Å². The first-order valence-corrected chi connectivity index (χ1v) is 5.94. The van der Waals surface area contributed by atoms with Crippen molar-refractivity contribution < 1.29 is 0 Å². The van der Waals surface area contributed by atoms with E-state index < -0.39 is 0 Å². The van der Waals surface area contributed by atoms with E-state index in [4.69, 9.17) is 5.73 Å².